The van der Waals surface area contributed by atoms with Gasteiger partial charge in [0.25, 0.3) is 0 Å². The summed E-state index contributed by atoms with van der Waals surface area (Å²) in [6.45, 7) is 4.02. The molecule has 0 spiro atoms. The molecule has 1 aromatic carbocycles. The number of halogens is 3. The number of anilines is 3. The summed E-state index contributed by atoms with van der Waals surface area (Å²) in [6.07, 6.45) is -0.393. The van der Waals surface area contributed by atoms with Gasteiger partial charge < -0.3 is 15.4 Å². The van der Waals surface area contributed by atoms with Crippen molar-refractivity contribution in [3.8, 4) is 17.0 Å². The van der Waals surface area contributed by atoms with Gasteiger partial charge in [-0.15, -0.1) is 0 Å². The van der Waals surface area contributed by atoms with Crippen molar-refractivity contribution in [3.63, 3.8) is 0 Å². The van der Waals surface area contributed by atoms with Crippen LogP contribution in [0.2, 0.25) is 0 Å². The lowest BCUT2D eigenvalue weighted by atomic mass is 10.1. The highest BCUT2D eigenvalue weighted by molar-refractivity contribution is 5.68. The van der Waals surface area contributed by atoms with Gasteiger partial charge in [0.15, 0.2) is 0 Å². The lowest BCUT2D eigenvalue weighted by Crippen LogP contribution is -2.16. The minimum atomic E-state index is -4.54. The van der Waals surface area contributed by atoms with E-state index in [1.165, 1.54) is 19.2 Å². The van der Waals surface area contributed by atoms with Crippen LogP contribution in [0.3, 0.4) is 0 Å². The Hall–Kier alpha value is -3.36. The second kappa shape index (κ2) is 8.98. The fourth-order valence-corrected chi connectivity index (χ4v) is 2.72. The Morgan fingerprint density at radius 2 is 1.80 bits per heavy atom. The van der Waals surface area contributed by atoms with E-state index in [0.29, 0.717) is 17.5 Å². The number of benzene rings is 1. The highest BCUT2D eigenvalue weighted by atomic mass is 19.4. The second-order valence-electron chi connectivity index (χ2n) is 6.69. The number of nitrogens with zero attached hydrogens (tertiary/aromatic N) is 3. The van der Waals surface area contributed by atoms with Crippen molar-refractivity contribution in [2.24, 2.45) is 0 Å². The number of aromatic nitrogens is 3. The van der Waals surface area contributed by atoms with Crippen LogP contribution in [0, 0.1) is 0 Å². The molecule has 30 heavy (non-hydrogen) atoms. The van der Waals surface area contributed by atoms with Crippen molar-refractivity contribution >= 4 is 17.5 Å². The first kappa shape index (κ1) is 21.4. The van der Waals surface area contributed by atoms with Crippen LogP contribution in [0.4, 0.5) is 30.6 Å². The minimum absolute atomic E-state index is 0.128. The molecule has 0 aliphatic heterocycles. The molecule has 0 aliphatic carbocycles. The van der Waals surface area contributed by atoms with E-state index >= 15 is 0 Å². The molecule has 3 aromatic rings. The third-order valence-electron chi connectivity index (χ3n) is 4.47. The molecule has 9 heteroatoms. The molecule has 0 saturated carbocycles. The van der Waals surface area contributed by atoms with E-state index in [1.807, 2.05) is 13.8 Å². The van der Waals surface area contributed by atoms with E-state index in [9.17, 15) is 13.2 Å². The molecule has 0 fully saturated rings. The molecule has 0 unspecified atom stereocenters. The normalized spacial score (nSPS) is 12.3. The van der Waals surface area contributed by atoms with Gasteiger partial charge in [0.2, 0.25) is 5.95 Å². The van der Waals surface area contributed by atoms with Gasteiger partial charge in [-0.2, -0.15) is 18.2 Å². The van der Waals surface area contributed by atoms with Gasteiger partial charge in [-0.3, -0.25) is 4.98 Å². The van der Waals surface area contributed by atoms with E-state index < -0.39 is 11.7 Å². The summed E-state index contributed by atoms with van der Waals surface area (Å²) in [4.78, 5) is 12.9. The van der Waals surface area contributed by atoms with E-state index in [4.69, 9.17) is 4.74 Å². The number of nitrogens with one attached hydrogen (secondary N) is 2. The molecule has 0 aliphatic rings. The zero-order valence-electron chi connectivity index (χ0n) is 16.8. The first-order chi connectivity index (χ1) is 14.3. The molecule has 3 rings (SSSR count). The summed E-state index contributed by atoms with van der Waals surface area (Å²) >= 11 is 0. The fourth-order valence-electron chi connectivity index (χ4n) is 2.72. The molecule has 158 valence electrons. The highest BCUT2D eigenvalue weighted by Crippen LogP contribution is 2.38. The molecule has 1 atom stereocenters. The van der Waals surface area contributed by atoms with Gasteiger partial charge in [0, 0.05) is 35.8 Å². The average Bonchev–Trinajstić information content (AvgIpc) is 2.73. The molecule has 2 N–H and O–H groups in total. The topological polar surface area (TPSA) is 72.0 Å². The van der Waals surface area contributed by atoms with Crippen LogP contribution in [0.5, 0.6) is 5.75 Å². The Balaban J connectivity index is 2.00. The summed E-state index contributed by atoms with van der Waals surface area (Å²) in [5.74, 6) is 0.499. The van der Waals surface area contributed by atoms with Crippen LogP contribution in [-0.2, 0) is 6.18 Å². The maximum absolute atomic E-state index is 13.3. The van der Waals surface area contributed by atoms with Gasteiger partial charge in [0.05, 0.1) is 18.4 Å². The van der Waals surface area contributed by atoms with Crippen LogP contribution in [0.15, 0.2) is 48.8 Å². The van der Waals surface area contributed by atoms with Crippen LogP contribution >= 0.6 is 0 Å². The van der Waals surface area contributed by atoms with E-state index in [1.54, 1.807) is 30.6 Å². The van der Waals surface area contributed by atoms with E-state index in [0.717, 1.165) is 18.1 Å². The first-order valence-electron chi connectivity index (χ1n) is 9.38. The fraction of sp³-hybridized carbons (Fsp3) is 0.286. The van der Waals surface area contributed by atoms with Crippen molar-refractivity contribution in [1.29, 1.82) is 0 Å². The minimum Gasteiger partial charge on any atom is -0.496 e. The Morgan fingerprint density at radius 3 is 2.43 bits per heavy atom. The zero-order valence-corrected chi connectivity index (χ0v) is 16.8. The van der Waals surface area contributed by atoms with Crippen molar-refractivity contribution in [3.05, 3.63) is 54.4 Å². The number of rotatable bonds is 7. The predicted octanol–water partition coefficient (Wildman–Crippen LogP) is 5.52. The third-order valence-corrected chi connectivity index (χ3v) is 4.47. The number of hydrogen-bond acceptors (Lipinski definition) is 6. The molecule has 0 radical (unpaired) electrons. The first-order valence-corrected chi connectivity index (χ1v) is 9.38. The average molecular weight is 417 g/mol. The summed E-state index contributed by atoms with van der Waals surface area (Å²) < 4.78 is 44.9. The van der Waals surface area contributed by atoms with E-state index in [-0.39, 0.29) is 17.5 Å². The summed E-state index contributed by atoms with van der Waals surface area (Å²) in [6, 6.07) is 9.17. The second-order valence-corrected chi connectivity index (χ2v) is 6.69. The van der Waals surface area contributed by atoms with Gasteiger partial charge in [-0.25, -0.2) is 4.98 Å². The van der Waals surface area contributed by atoms with E-state index in [2.05, 4.69) is 25.6 Å². The van der Waals surface area contributed by atoms with Crippen molar-refractivity contribution in [1.82, 2.24) is 15.0 Å². The standard InChI is InChI=1S/C21H22F3N5O/c1-4-13(2)26-20-28-17(14-7-9-25-10-8-14)12-19(29-20)27-15-5-6-18(30-3)16(11-15)21(22,23)24/h5-13H,4H2,1-3H3,(H2,26,27,28,29)/t13-/m0/s1. The highest BCUT2D eigenvalue weighted by Gasteiger charge is 2.34. The lowest BCUT2D eigenvalue weighted by Gasteiger charge is -2.16. The lowest BCUT2D eigenvalue weighted by molar-refractivity contribution is -0.138. The molecular weight excluding hydrogens is 395 g/mol. The van der Waals surface area contributed by atoms with Crippen molar-refractivity contribution in [2.75, 3.05) is 17.7 Å². The number of hydrogen-bond donors (Lipinski definition) is 2. The summed E-state index contributed by atoms with van der Waals surface area (Å²) in [7, 11) is 1.20. The Kier molecular flexibility index (Phi) is 6.39. The smallest absolute Gasteiger partial charge is 0.420 e. The number of pyridine rings is 1. The van der Waals surface area contributed by atoms with Gasteiger partial charge in [0.1, 0.15) is 11.6 Å². The molecular formula is C21H22F3N5O. The number of methoxy groups -OCH3 is 1. The number of alkyl halides is 3. The maximum atomic E-state index is 13.3. The molecule has 6 nitrogen and oxygen atoms in total. The van der Waals surface area contributed by atoms with Crippen molar-refractivity contribution in [2.45, 2.75) is 32.5 Å². The molecule has 0 bridgehead atoms. The molecule has 2 heterocycles. The molecule has 0 saturated heterocycles. The third kappa shape index (κ3) is 5.16. The van der Waals surface area contributed by atoms with Crippen LogP contribution in [-0.4, -0.2) is 28.1 Å². The maximum Gasteiger partial charge on any atom is 0.420 e. The quantitative estimate of drug-likeness (QED) is 0.527. The Bertz CT molecular complexity index is 996. The Labute approximate surface area is 172 Å². The number of ether oxygens (including phenoxy) is 1. The van der Waals surface area contributed by atoms with Gasteiger partial charge in [-0.05, 0) is 43.7 Å². The zero-order chi connectivity index (χ0) is 21.7. The molecule has 0 amide bonds. The summed E-state index contributed by atoms with van der Waals surface area (Å²) in [5.41, 5.74) is 0.798. The Morgan fingerprint density at radius 1 is 1.07 bits per heavy atom. The van der Waals surface area contributed by atoms with Crippen LogP contribution in [0.1, 0.15) is 25.8 Å². The van der Waals surface area contributed by atoms with Crippen LogP contribution in [0.25, 0.3) is 11.3 Å². The molecule has 2 aromatic heterocycles. The monoisotopic (exact) mass is 417 g/mol. The SMILES string of the molecule is CC[C@H](C)Nc1nc(Nc2ccc(OC)c(C(F)(F)F)c2)cc(-c2ccncc2)n1. The van der Waals surface area contributed by atoms with Gasteiger partial charge >= 0.3 is 6.18 Å². The largest absolute Gasteiger partial charge is 0.496 e. The van der Waals surface area contributed by atoms with Gasteiger partial charge in [-0.1, -0.05) is 6.92 Å². The van der Waals surface area contributed by atoms with Crippen molar-refractivity contribution < 1.29 is 17.9 Å². The summed E-state index contributed by atoms with van der Waals surface area (Å²) in [5, 5.41) is 6.15. The van der Waals surface area contributed by atoms with Crippen LogP contribution < -0.4 is 15.4 Å². The predicted molar refractivity (Wildman–Crippen MR) is 110 cm³/mol.